The Balaban J connectivity index is 2.37. The molecule has 104 valence electrons. The van der Waals surface area contributed by atoms with Crippen LogP contribution in [0.25, 0.3) is 11.5 Å². The van der Waals surface area contributed by atoms with Gasteiger partial charge in [0.15, 0.2) is 0 Å². The molecule has 0 saturated heterocycles. The summed E-state index contributed by atoms with van der Waals surface area (Å²) in [7, 11) is 1.50. The smallest absolute Gasteiger partial charge is 0.247 e. The summed E-state index contributed by atoms with van der Waals surface area (Å²) in [6.07, 6.45) is 0. The summed E-state index contributed by atoms with van der Waals surface area (Å²) in [5.74, 6) is 1.29. The number of aromatic nitrogens is 2. The number of ether oxygens (including phenoxy) is 1. The van der Waals surface area contributed by atoms with Crippen LogP contribution in [0.15, 0.2) is 27.7 Å². The molecule has 0 aliphatic rings. The second-order valence-corrected chi connectivity index (χ2v) is 3.84. The third-order valence-electron chi connectivity index (χ3n) is 2.47. The van der Waals surface area contributed by atoms with E-state index in [0.29, 0.717) is 28.8 Å². The summed E-state index contributed by atoms with van der Waals surface area (Å²) in [6, 6.07) is 8.41. The van der Waals surface area contributed by atoms with E-state index in [2.05, 4.69) is 20.7 Å². The Morgan fingerprint density at radius 1 is 1.33 bits per heavy atom. The molecule has 0 bridgehead atoms. The lowest BCUT2D eigenvalue weighted by atomic mass is 10.2. The standard InChI is InChI=1S/C13H10N6O2/c1-8-16-19-13(21-8)9-3-4-12(20-2)11(5-9)18-17-10(6-14)7-15/h3-5,18H,1-2H3. The largest absolute Gasteiger partial charge is 0.495 e. The lowest BCUT2D eigenvalue weighted by molar-refractivity contribution is 0.416. The first-order chi connectivity index (χ1) is 10.2. The van der Waals surface area contributed by atoms with Crippen LogP contribution >= 0.6 is 0 Å². The number of hydrogen-bond donors (Lipinski definition) is 1. The molecule has 2 rings (SSSR count). The number of methoxy groups -OCH3 is 1. The third-order valence-corrected chi connectivity index (χ3v) is 2.47. The molecule has 0 aliphatic heterocycles. The summed E-state index contributed by atoms with van der Waals surface area (Å²) < 4.78 is 10.5. The zero-order valence-electron chi connectivity index (χ0n) is 11.3. The van der Waals surface area contributed by atoms with Gasteiger partial charge in [0.25, 0.3) is 0 Å². The van der Waals surface area contributed by atoms with Gasteiger partial charge in [0.05, 0.1) is 12.8 Å². The molecule has 0 radical (unpaired) electrons. The Bertz CT molecular complexity index is 750. The van der Waals surface area contributed by atoms with Crippen molar-refractivity contribution in [2.45, 2.75) is 6.92 Å². The van der Waals surface area contributed by atoms with Crippen molar-refractivity contribution in [1.82, 2.24) is 10.2 Å². The minimum Gasteiger partial charge on any atom is -0.495 e. The summed E-state index contributed by atoms with van der Waals surface area (Å²) in [6.45, 7) is 1.69. The lowest BCUT2D eigenvalue weighted by Crippen LogP contribution is -1.99. The zero-order chi connectivity index (χ0) is 15.2. The minimum absolute atomic E-state index is 0.295. The van der Waals surface area contributed by atoms with Gasteiger partial charge in [-0.1, -0.05) is 0 Å². The number of rotatable bonds is 4. The maximum atomic E-state index is 8.66. The van der Waals surface area contributed by atoms with Crippen molar-refractivity contribution >= 4 is 11.4 Å². The van der Waals surface area contributed by atoms with E-state index in [0.717, 1.165) is 0 Å². The minimum atomic E-state index is -0.295. The van der Waals surface area contributed by atoms with Crippen LogP contribution in [0.4, 0.5) is 5.69 Å². The van der Waals surface area contributed by atoms with Gasteiger partial charge >= 0.3 is 0 Å². The average Bonchev–Trinajstić information content (AvgIpc) is 2.94. The highest BCUT2D eigenvalue weighted by atomic mass is 16.5. The maximum Gasteiger partial charge on any atom is 0.247 e. The number of hydrogen-bond acceptors (Lipinski definition) is 8. The van der Waals surface area contributed by atoms with Crippen LogP contribution in [-0.2, 0) is 0 Å². The van der Waals surface area contributed by atoms with E-state index in [4.69, 9.17) is 19.7 Å². The molecule has 8 nitrogen and oxygen atoms in total. The van der Waals surface area contributed by atoms with E-state index in [-0.39, 0.29) is 5.71 Å². The van der Waals surface area contributed by atoms with Crippen molar-refractivity contribution < 1.29 is 9.15 Å². The SMILES string of the molecule is COc1ccc(-c2nnc(C)o2)cc1NN=C(C#N)C#N. The molecule has 0 saturated carbocycles. The Morgan fingerprint density at radius 2 is 2.10 bits per heavy atom. The van der Waals surface area contributed by atoms with Crippen molar-refractivity contribution in [3.63, 3.8) is 0 Å². The first-order valence-corrected chi connectivity index (χ1v) is 5.80. The van der Waals surface area contributed by atoms with Crippen LogP contribution in [0.2, 0.25) is 0 Å². The number of nitrogens with zero attached hydrogens (tertiary/aromatic N) is 5. The number of nitrogens with one attached hydrogen (secondary N) is 1. The second-order valence-electron chi connectivity index (χ2n) is 3.84. The highest BCUT2D eigenvalue weighted by molar-refractivity contribution is 6.10. The van der Waals surface area contributed by atoms with Crippen molar-refractivity contribution in [3.05, 3.63) is 24.1 Å². The Hall–Kier alpha value is -3.39. The van der Waals surface area contributed by atoms with E-state index in [1.165, 1.54) is 7.11 Å². The van der Waals surface area contributed by atoms with Gasteiger partial charge in [0.1, 0.15) is 17.9 Å². The van der Waals surface area contributed by atoms with Gasteiger partial charge < -0.3 is 9.15 Å². The predicted octanol–water partition coefficient (Wildman–Crippen LogP) is 1.87. The molecule has 8 heteroatoms. The van der Waals surface area contributed by atoms with E-state index in [9.17, 15) is 0 Å². The first-order valence-electron chi connectivity index (χ1n) is 5.80. The van der Waals surface area contributed by atoms with Crippen LogP contribution in [-0.4, -0.2) is 23.0 Å². The molecular weight excluding hydrogens is 272 g/mol. The zero-order valence-corrected chi connectivity index (χ0v) is 11.3. The Morgan fingerprint density at radius 3 is 2.67 bits per heavy atom. The van der Waals surface area contributed by atoms with Crippen molar-refractivity contribution in [2.24, 2.45) is 5.10 Å². The molecule has 0 spiro atoms. The van der Waals surface area contributed by atoms with E-state index >= 15 is 0 Å². The van der Waals surface area contributed by atoms with E-state index < -0.39 is 0 Å². The molecule has 1 aromatic heterocycles. The molecule has 2 aromatic rings. The molecule has 0 amide bonds. The van der Waals surface area contributed by atoms with Crippen LogP contribution in [0, 0.1) is 29.6 Å². The Labute approximate surface area is 120 Å². The molecule has 0 aliphatic carbocycles. The topological polar surface area (TPSA) is 120 Å². The molecular formula is C13H10N6O2. The van der Waals surface area contributed by atoms with Gasteiger partial charge in [0, 0.05) is 12.5 Å². The van der Waals surface area contributed by atoms with Crippen molar-refractivity contribution in [1.29, 1.82) is 10.5 Å². The second kappa shape index (κ2) is 6.17. The van der Waals surface area contributed by atoms with Gasteiger partial charge in [0.2, 0.25) is 17.5 Å². The van der Waals surface area contributed by atoms with E-state index in [1.807, 2.05) is 0 Å². The molecule has 0 atom stereocenters. The van der Waals surface area contributed by atoms with Crippen LogP contribution in [0.3, 0.4) is 0 Å². The number of aryl methyl sites for hydroxylation is 1. The fourth-order valence-electron chi connectivity index (χ4n) is 1.53. The fourth-order valence-corrected chi connectivity index (χ4v) is 1.53. The summed E-state index contributed by atoms with van der Waals surface area (Å²) in [5, 5.41) is 28.7. The summed E-state index contributed by atoms with van der Waals surface area (Å²) in [5.41, 5.74) is 3.44. The van der Waals surface area contributed by atoms with Crippen LogP contribution in [0.1, 0.15) is 5.89 Å². The van der Waals surface area contributed by atoms with Gasteiger partial charge in [-0.25, -0.2) is 0 Å². The number of benzene rings is 1. The fraction of sp³-hybridized carbons (Fsp3) is 0.154. The van der Waals surface area contributed by atoms with Crippen LogP contribution in [0.5, 0.6) is 5.75 Å². The molecule has 21 heavy (non-hydrogen) atoms. The lowest BCUT2D eigenvalue weighted by Gasteiger charge is -2.08. The highest BCUT2D eigenvalue weighted by Gasteiger charge is 2.10. The van der Waals surface area contributed by atoms with Gasteiger partial charge in [-0.3, -0.25) is 5.43 Å². The predicted molar refractivity (Wildman–Crippen MR) is 73.3 cm³/mol. The number of anilines is 1. The van der Waals surface area contributed by atoms with E-state index in [1.54, 1.807) is 37.3 Å². The highest BCUT2D eigenvalue weighted by Crippen LogP contribution is 2.30. The molecule has 0 fully saturated rings. The number of hydrazone groups is 1. The van der Waals surface area contributed by atoms with Crippen molar-refractivity contribution in [2.75, 3.05) is 12.5 Å². The molecule has 0 unspecified atom stereocenters. The first kappa shape index (κ1) is 14.0. The third kappa shape index (κ3) is 3.14. The molecule has 1 aromatic carbocycles. The van der Waals surface area contributed by atoms with Gasteiger partial charge in [-0.15, -0.1) is 10.2 Å². The quantitative estimate of drug-likeness (QED) is 0.671. The normalized spacial score (nSPS) is 9.33. The van der Waals surface area contributed by atoms with Gasteiger partial charge in [-0.2, -0.15) is 15.6 Å². The number of nitriles is 2. The maximum absolute atomic E-state index is 8.66. The van der Waals surface area contributed by atoms with Gasteiger partial charge in [-0.05, 0) is 18.2 Å². The summed E-state index contributed by atoms with van der Waals surface area (Å²) in [4.78, 5) is 0. The molecule has 1 N–H and O–H groups in total. The summed E-state index contributed by atoms with van der Waals surface area (Å²) >= 11 is 0. The monoisotopic (exact) mass is 282 g/mol. The average molecular weight is 282 g/mol. The van der Waals surface area contributed by atoms with Crippen molar-refractivity contribution in [3.8, 4) is 29.3 Å². The Kier molecular flexibility index (Phi) is 4.12. The molecule has 1 heterocycles. The van der Waals surface area contributed by atoms with Crippen LogP contribution < -0.4 is 10.2 Å².